The smallest absolute Gasteiger partial charge is 0.264 e. The molecular weight excluding hydrogens is 318 g/mol. The molecule has 0 saturated carbocycles. The molecule has 0 unspecified atom stereocenters. The van der Waals surface area contributed by atoms with Crippen molar-refractivity contribution in [2.24, 2.45) is 0 Å². The van der Waals surface area contributed by atoms with Crippen molar-refractivity contribution in [2.75, 3.05) is 6.54 Å². The van der Waals surface area contributed by atoms with Crippen LogP contribution < -0.4 is 5.56 Å². The molecule has 8 nitrogen and oxygen atoms in total. The summed E-state index contributed by atoms with van der Waals surface area (Å²) < 4.78 is 3.58. The van der Waals surface area contributed by atoms with E-state index in [9.17, 15) is 4.79 Å². The van der Waals surface area contributed by atoms with Crippen molar-refractivity contribution < 1.29 is 0 Å². The zero-order chi connectivity index (χ0) is 17.6. The molecule has 0 amide bonds. The van der Waals surface area contributed by atoms with Gasteiger partial charge in [0, 0.05) is 43.6 Å². The van der Waals surface area contributed by atoms with Crippen LogP contribution in [0.15, 0.2) is 23.4 Å². The minimum absolute atomic E-state index is 0.00483. The minimum Gasteiger partial charge on any atom is -0.294 e. The van der Waals surface area contributed by atoms with E-state index in [1.807, 2.05) is 37.8 Å². The molecule has 4 heterocycles. The van der Waals surface area contributed by atoms with E-state index in [0.717, 1.165) is 30.3 Å². The molecule has 25 heavy (non-hydrogen) atoms. The van der Waals surface area contributed by atoms with Crippen LogP contribution in [0.4, 0.5) is 0 Å². The van der Waals surface area contributed by atoms with Gasteiger partial charge in [0.2, 0.25) is 0 Å². The highest BCUT2D eigenvalue weighted by molar-refractivity contribution is 5.73. The van der Waals surface area contributed by atoms with E-state index in [1.54, 1.807) is 10.8 Å². The maximum Gasteiger partial charge on any atom is 0.264 e. The molecule has 8 heteroatoms. The zero-order valence-corrected chi connectivity index (χ0v) is 14.7. The van der Waals surface area contributed by atoms with Gasteiger partial charge in [-0.3, -0.25) is 14.3 Å². The van der Waals surface area contributed by atoms with E-state index in [1.165, 1.54) is 0 Å². The summed E-state index contributed by atoms with van der Waals surface area (Å²) >= 11 is 0. The van der Waals surface area contributed by atoms with Gasteiger partial charge < -0.3 is 0 Å². The Morgan fingerprint density at radius 1 is 1.16 bits per heavy atom. The monoisotopic (exact) mass is 339 g/mol. The Morgan fingerprint density at radius 3 is 2.64 bits per heavy atom. The first-order valence-electron chi connectivity index (χ1n) is 8.49. The topological polar surface area (TPSA) is 81.7 Å². The van der Waals surface area contributed by atoms with Gasteiger partial charge in [-0.05, 0) is 20.8 Å². The second kappa shape index (κ2) is 6.03. The Kier molecular flexibility index (Phi) is 3.84. The van der Waals surface area contributed by atoms with Crippen LogP contribution in [-0.2, 0) is 19.6 Å². The summed E-state index contributed by atoms with van der Waals surface area (Å²) in [4.78, 5) is 28.3. The van der Waals surface area contributed by atoms with Crippen molar-refractivity contribution in [1.82, 2.24) is 34.2 Å². The number of aromatic nitrogens is 6. The zero-order valence-electron chi connectivity index (χ0n) is 14.7. The third-order valence-electron chi connectivity index (χ3n) is 4.53. The molecule has 3 aromatic rings. The summed E-state index contributed by atoms with van der Waals surface area (Å²) in [5, 5.41) is 4.93. The Bertz CT molecular complexity index is 971. The van der Waals surface area contributed by atoms with Gasteiger partial charge in [-0.25, -0.2) is 19.6 Å². The summed E-state index contributed by atoms with van der Waals surface area (Å²) in [6, 6.07) is 0.164. The lowest BCUT2D eigenvalue weighted by Crippen LogP contribution is -2.39. The molecule has 0 radical (unpaired) electrons. The number of nitrogens with zero attached hydrogens (tertiary/aromatic N) is 7. The first kappa shape index (κ1) is 15.9. The molecule has 0 fully saturated rings. The summed E-state index contributed by atoms with van der Waals surface area (Å²) in [7, 11) is 0. The standard InChI is InChI=1S/C17H21N7O/c1-11(2)24-16-14(8-20-24)17(25)23-5-4-22(10-15(23)21-16)9-13-6-18-12(3)19-7-13/h6-8,11H,4-5,9-10H2,1-3H3. The van der Waals surface area contributed by atoms with Gasteiger partial charge in [0.05, 0.1) is 12.7 Å². The van der Waals surface area contributed by atoms with E-state index in [0.29, 0.717) is 24.1 Å². The van der Waals surface area contributed by atoms with E-state index in [2.05, 4.69) is 20.0 Å². The van der Waals surface area contributed by atoms with Crippen molar-refractivity contribution in [3.63, 3.8) is 0 Å². The van der Waals surface area contributed by atoms with Crippen molar-refractivity contribution in [1.29, 1.82) is 0 Å². The lowest BCUT2D eigenvalue weighted by atomic mass is 10.2. The molecular formula is C17H21N7O. The Labute approximate surface area is 145 Å². The quantitative estimate of drug-likeness (QED) is 0.715. The van der Waals surface area contributed by atoms with Crippen LogP contribution in [0.2, 0.25) is 0 Å². The normalized spacial score (nSPS) is 15.0. The Balaban J connectivity index is 1.66. The predicted octanol–water partition coefficient (Wildman–Crippen LogP) is 1.29. The third kappa shape index (κ3) is 2.82. The van der Waals surface area contributed by atoms with Crippen molar-refractivity contribution in [3.05, 3.63) is 46.2 Å². The van der Waals surface area contributed by atoms with Crippen LogP contribution in [0.1, 0.15) is 37.1 Å². The van der Waals surface area contributed by atoms with E-state index in [4.69, 9.17) is 4.98 Å². The van der Waals surface area contributed by atoms with Crippen molar-refractivity contribution in [2.45, 2.75) is 46.4 Å². The van der Waals surface area contributed by atoms with Crippen LogP contribution >= 0.6 is 0 Å². The van der Waals surface area contributed by atoms with Crippen LogP contribution in [0.25, 0.3) is 11.0 Å². The van der Waals surface area contributed by atoms with Crippen LogP contribution in [0, 0.1) is 6.92 Å². The van der Waals surface area contributed by atoms with Crippen LogP contribution in [0.3, 0.4) is 0 Å². The Hall–Kier alpha value is -2.61. The first-order valence-corrected chi connectivity index (χ1v) is 8.49. The number of hydrogen-bond donors (Lipinski definition) is 0. The third-order valence-corrected chi connectivity index (χ3v) is 4.53. The van der Waals surface area contributed by atoms with Crippen LogP contribution in [-0.4, -0.2) is 40.7 Å². The molecule has 0 spiro atoms. The number of aryl methyl sites for hydroxylation is 1. The molecule has 1 aliphatic rings. The summed E-state index contributed by atoms with van der Waals surface area (Å²) in [6.45, 7) is 8.76. The van der Waals surface area contributed by atoms with Gasteiger partial charge in [0.1, 0.15) is 17.0 Å². The highest BCUT2D eigenvalue weighted by Crippen LogP contribution is 2.17. The van der Waals surface area contributed by atoms with Crippen molar-refractivity contribution in [3.8, 4) is 0 Å². The summed E-state index contributed by atoms with van der Waals surface area (Å²) in [5.41, 5.74) is 1.74. The fourth-order valence-electron chi connectivity index (χ4n) is 3.21. The van der Waals surface area contributed by atoms with E-state index >= 15 is 0 Å². The largest absolute Gasteiger partial charge is 0.294 e. The highest BCUT2D eigenvalue weighted by Gasteiger charge is 2.22. The summed E-state index contributed by atoms with van der Waals surface area (Å²) in [6.07, 6.45) is 5.34. The predicted molar refractivity (Wildman–Crippen MR) is 93.1 cm³/mol. The van der Waals surface area contributed by atoms with Gasteiger partial charge >= 0.3 is 0 Å². The Morgan fingerprint density at radius 2 is 1.92 bits per heavy atom. The lowest BCUT2D eigenvalue weighted by molar-refractivity contribution is 0.204. The molecule has 4 rings (SSSR count). The second-order valence-electron chi connectivity index (χ2n) is 6.75. The molecule has 130 valence electrons. The van der Waals surface area contributed by atoms with Gasteiger partial charge in [0.15, 0.2) is 5.65 Å². The minimum atomic E-state index is 0.00483. The molecule has 0 N–H and O–H groups in total. The first-order chi connectivity index (χ1) is 12.0. The fraction of sp³-hybridized carbons (Fsp3) is 0.471. The molecule has 0 aliphatic carbocycles. The van der Waals surface area contributed by atoms with Gasteiger partial charge in [-0.1, -0.05) is 0 Å². The molecule has 1 aliphatic heterocycles. The second-order valence-corrected chi connectivity index (χ2v) is 6.75. The molecule has 0 atom stereocenters. The van der Waals surface area contributed by atoms with Gasteiger partial charge in [0.25, 0.3) is 5.56 Å². The maximum absolute atomic E-state index is 12.7. The number of hydrogen-bond acceptors (Lipinski definition) is 6. The number of fused-ring (bicyclic) bond motifs is 2. The number of rotatable bonds is 3. The van der Waals surface area contributed by atoms with Crippen LogP contribution in [0.5, 0.6) is 0 Å². The molecule has 0 aromatic carbocycles. The highest BCUT2D eigenvalue weighted by atomic mass is 16.1. The molecule has 0 saturated heterocycles. The van der Waals surface area contributed by atoms with Gasteiger partial charge in [-0.15, -0.1) is 0 Å². The average Bonchev–Trinajstić information content (AvgIpc) is 3.01. The SMILES string of the molecule is Cc1ncc(CN2CCn3c(nc4c(cnn4C(C)C)c3=O)C2)cn1. The molecule has 0 bridgehead atoms. The average molecular weight is 339 g/mol. The fourth-order valence-corrected chi connectivity index (χ4v) is 3.21. The summed E-state index contributed by atoms with van der Waals surface area (Å²) in [5.74, 6) is 1.56. The van der Waals surface area contributed by atoms with Crippen molar-refractivity contribution >= 4 is 11.0 Å². The van der Waals surface area contributed by atoms with E-state index < -0.39 is 0 Å². The van der Waals surface area contributed by atoms with Gasteiger partial charge in [-0.2, -0.15) is 5.10 Å². The molecule has 3 aromatic heterocycles. The van der Waals surface area contributed by atoms with E-state index in [-0.39, 0.29) is 11.6 Å². The maximum atomic E-state index is 12.7. The lowest BCUT2D eigenvalue weighted by Gasteiger charge is -2.28.